The second kappa shape index (κ2) is 5.49. The Bertz CT molecular complexity index is 484. The fourth-order valence-electron chi connectivity index (χ4n) is 1.33. The number of aromatic hydroxyl groups is 1. The highest BCUT2D eigenvalue weighted by Gasteiger charge is 2.13. The highest BCUT2D eigenvalue weighted by molar-refractivity contribution is 5.91. The molecule has 0 spiro atoms. The molecule has 0 bridgehead atoms. The Morgan fingerprint density at radius 1 is 1.33 bits per heavy atom. The summed E-state index contributed by atoms with van der Waals surface area (Å²) in [6, 6.07) is 4.60. The van der Waals surface area contributed by atoms with Crippen molar-refractivity contribution in [2.45, 2.75) is 26.4 Å². The van der Waals surface area contributed by atoms with Crippen molar-refractivity contribution in [2.75, 3.05) is 0 Å². The van der Waals surface area contributed by atoms with Crippen molar-refractivity contribution in [2.24, 2.45) is 0 Å². The first kappa shape index (κ1) is 14.0. The van der Waals surface area contributed by atoms with E-state index in [0.29, 0.717) is 11.1 Å². The molecule has 0 aliphatic rings. The predicted molar refractivity (Wildman–Crippen MR) is 70.9 cm³/mol. The van der Waals surface area contributed by atoms with Gasteiger partial charge in [-0.15, -0.1) is 0 Å². The van der Waals surface area contributed by atoms with Gasteiger partial charge in [-0.3, -0.25) is 0 Å². The van der Waals surface area contributed by atoms with E-state index < -0.39 is 11.6 Å². The average Bonchev–Trinajstić information content (AvgIpc) is 2.24. The van der Waals surface area contributed by atoms with Crippen LogP contribution in [0, 0.1) is 5.41 Å². The molecule has 0 aliphatic carbocycles. The van der Waals surface area contributed by atoms with Crippen molar-refractivity contribution in [3.8, 4) is 5.75 Å². The summed E-state index contributed by atoms with van der Waals surface area (Å²) in [5, 5.41) is 16.5. The number of esters is 1. The topological polar surface area (TPSA) is 70.4 Å². The summed E-state index contributed by atoms with van der Waals surface area (Å²) < 4.78 is 5.12. The molecule has 96 valence electrons. The first-order valence-electron chi connectivity index (χ1n) is 5.56. The van der Waals surface area contributed by atoms with E-state index in [1.54, 1.807) is 32.9 Å². The van der Waals surface area contributed by atoms with Crippen molar-refractivity contribution in [1.29, 1.82) is 5.41 Å². The molecule has 2 N–H and O–H groups in total. The number of phenols is 1. The summed E-state index contributed by atoms with van der Waals surface area (Å²) in [6.07, 6.45) is 3.99. The third kappa shape index (κ3) is 4.41. The number of carbonyl (C=O) groups is 1. The highest BCUT2D eigenvalue weighted by atomic mass is 16.6. The molecule has 1 aromatic carbocycles. The molecule has 4 heteroatoms. The first-order valence-corrected chi connectivity index (χ1v) is 5.56. The van der Waals surface area contributed by atoms with Crippen molar-refractivity contribution >= 4 is 18.3 Å². The summed E-state index contributed by atoms with van der Waals surface area (Å²) in [7, 11) is 0. The van der Waals surface area contributed by atoms with Crippen LogP contribution in [-0.2, 0) is 9.53 Å². The van der Waals surface area contributed by atoms with Gasteiger partial charge in [-0.2, -0.15) is 0 Å². The standard InChI is InChI=1S/C14H17NO3/c1-14(2,3)18-13(17)7-5-10-4-6-12(16)8-11(10)9-15/h4-9,15-16H,1-3H3/b7-5+,15-9?. The monoisotopic (exact) mass is 247 g/mol. The van der Waals surface area contributed by atoms with Crippen LogP contribution >= 0.6 is 0 Å². The zero-order valence-corrected chi connectivity index (χ0v) is 10.7. The minimum absolute atomic E-state index is 0.0860. The molecule has 0 saturated carbocycles. The fourth-order valence-corrected chi connectivity index (χ4v) is 1.33. The van der Waals surface area contributed by atoms with Crippen LogP contribution in [0.15, 0.2) is 24.3 Å². The molecule has 0 heterocycles. The number of carbonyl (C=O) groups excluding carboxylic acids is 1. The average molecular weight is 247 g/mol. The number of hydrogen-bond acceptors (Lipinski definition) is 4. The third-order valence-corrected chi connectivity index (χ3v) is 2.03. The normalized spacial score (nSPS) is 11.5. The van der Waals surface area contributed by atoms with Crippen LogP contribution in [0.1, 0.15) is 31.9 Å². The molecule has 18 heavy (non-hydrogen) atoms. The number of phenolic OH excluding ortho intramolecular Hbond substituents is 1. The molecular weight excluding hydrogens is 230 g/mol. The summed E-state index contributed by atoms with van der Waals surface area (Å²) in [6.45, 7) is 5.38. The van der Waals surface area contributed by atoms with Crippen LogP contribution in [0.3, 0.4) is 0 Å². The minimum atomic E-state index is -0.527. The van der Waals surface area contributed by atoms with Gasteiger partial charge in [0, 0.05) is 17.9 Å². The molecule has 0 fully saturated rings. The lowest BCUT2D eigenvalue weighted by atomic mass is 10.1. The number of nitrogens with one attached hydrogen (secondary N) is 1. The molecule has 0 saturated heterocycles. The van der Waals surface area contributed by atoms with E-state index in [9.17, 15) is 9.90 Å². The Labute approximate surface area is 106 Å². The molecule has 0 amide bonds. The van der Waals surface area contributed by atoms with Crippen molar-refractivity contribution < 1.29 is 14.6 Å². The maximum atomic E-state index is 11.5. The maximum absolute atomic E-state index is 11.5. The van der Waals surface area contributed by atoms with E-state index in [-0.39, 0.29) is 5.75 Å². The predicted octanol–water partition coefficient (Wildman–Crippen LogP) is 2.74. The van der Waals surface area contributed by atoms with Gasteiger partial charge in [0.2, 0.25) is 0 Å². The molecule has 0 aromatic heterocycles. The Morgan fingerprint density at radius 3 is 2.56 bits per heavy atom. The quantitative estimate of drug-likeness (QED) is 0.490. The van der Waals surface area contributed by atoms with Crippen molar-refractivity contribution in [1.82, 2.24) is 0 Å². The van der Waals surface area contributed by atoms with Gasteiger partial charge in [0.25, 0.3) is 0 Å². The van der Waals surface area contributed by atoms with E-state index in [4.69, 9.17) is 10.1 Å². The van der Waals surface area contributed by atoms with Gasteiger partial charge in [0.1, 0.15) is 11.4 Å². The van der Waals surface area contributed by atoms with Gasteiger partial charge in [-0.1, -0.05) is 6.07 Å². The third-order valence-electron chi connectivity index (χ3n) is 2.03. The van der Waals surface area contributed by atoms with Gasteiger partial charge >= 0.3 is 5.97 Å². The zero-order chi connectivity index (χ0) is 13.8. The van der Waals surface area contributed by atoms with Gasteiger partial charge in [-0.05, 0) is 44.5 Å². The Balaban J connectivity index is 2.84. The van der Waals surface area contributed by atoms with E-state index in [1.165, 1.54) is 18.2 Å². The molecule has 0 unspecified atom stereocenters. The Hall–Kier alpha value is -2.10. The van der Waals surface area contributed by atoms with Crippen LogP contribution in [0.2, 0.25) is 0 Å². The summed E-state index contributed by atoms with van der Waals surface area (Å²) in [4.78, 5) is 11.5. The molecule has 1 aromatic rings. The fraction of sp³-hybridized carbons (Fsp3) is 0.286. The molecule has 1 rings (SSSR count). The molecule has 0 aliphatic heterocycles. The van der Waals surface area contributed by atoms with Crippen LogP contribution in [0.25, 0.3) is 6.08 Å². The second-order valence-corrected chi connectivity index (χ2v) is 4.82. The molecule has 4 nitrogen and oxygen atoms in total. The number of hydrogen-bond donors (Lipinski definition) is 2. The van der Waals surface area contributed by atoms with Crippen LogP contribution < -0.4 is 0 Å². The number of benzene rings is 1. The maximum Gasteiger partial charge on any atom is 0.331 e. The lowest BCUT2D eigenvalue weighted by Crippen LogP contribution is -2.22. The second-order valence-electron chi connectivity index (χ2n) is 4.82. The number of ether oxygens (including phenoxy) is 1. The van der Waals surface area contributed by atoms with Crippen molar-refractivity contribution in [3.63, 3.8) is 0 Å². The van der Waals surface area contributed by atoms with E-state index in [1.807, 2.05) is 0 Å². The largest absolute Gasteiger partial charge is 0.508 e. The summed E-state index contributed by atoms with van der Waals surface area (Å²) in [5.74, 6) is -0.352. The van der Waals surface area contributed by atoms with Crippen molar-refractivity contribution in [3.05, 3.63) is 35.4 Å². The number of rotatable bonds is 3. The van der Waals surface area contributed by atoms with Gasteiger partial charge in [0.15, 0.2) is 0 Å². The van der Waals surface area contributed by atoms with Gasteiger partial charge in [0.05, 0.1) is 0 Å². The Morgan fingerprint density at radius 2 is 2.00 bits per heavy atom. The van der Waals surface area contributed by atoms with Gasteiger partial charge < -0.3 is 15.3 Å². The lowest BCUT2D eigenvalue weighted by molar-refractivity contribution is -0.148. The lowest BCUT2D eigenvalue weighted by Gasteiger charge is -2.17. The van der Waals surface area contributed by atoms with E-state index >= 15 is 0 Å². The first-order chi connectivity index (χ1) is 8.31. The van der Waals surface area contributed by atoms with Crippen LogP contribution in [0.4, 0.5) is 0 Å². The van der Waals surface area contributed by atoms with Gasteiger partial charge in [-0.25, -0.2) is 4.79 Å². The smallest absolute Gasteiger partial charge is 0.331 e. The highest BCUT2D eigenvalue weighted by Crippen LogP contribution is 2.16. The van der Waals surface area contributed by atoms with Crippen LogP contribution in [0.5, 0.6) is 5.75 Å². The zero-order valence-electron chi connectivity index (χ0n) is 10.7. The SMILES string of the molecule is CC(C)(C)OC(=O)/C=C/c1ccc(O)cc1C=N. The summed E-state index contributed by atoms with van der Waals surface area (Å²) in [5.41, 5.74) is 0.685. The van der Waals surface area contributed by atoms with E-state index in [2.05, 4.69) is 0 Å². The Kier molecular flexibility index (Phi) is 4.26. The molecular formula is C14H17NO3. The van der Waals surface area contributed by atoms with Crippen LogP contribution in [-0.4, -0.2) is 22.9 Å². The van der Waals surface area contributed by atoms with E-state index in [0.717, 1.165) is 6.21 Å². The molecule has 0 radical (unpaired) electrons. The molecule has 0 atom stereocenters. The summed E-state index contributed by atoms with van der Waals surface area (Å²) >= 11 is 0. The minimum Gasteiger partial charge on any atom is -0.508 e.